The van der Waals surface area contributed by atoms with Crippen molar-refractivity contribution in [1.29, 1.82) is 0 Å². The normalized spacial score (nSPS) is 8.60. The van der Waals surface area contributed by atoms with Crippen LogP contribution < -0.4 is 5.73 Å². The van der Waals surface area contributed by atoms with E-state index in [4.69, 9.17) is 5.73 Å². The fourth-order valence-corrected chi connectivity index (χ4v) is 0.681. The van der Waals surface area contributed by atoms with Gasteiger partial charge in [-0.25, -0.2) is 4.39 Å². The number of nitrogens with two attached hydrogens (primary N) is 1. The molecule has 0 atom stereocenters. The van der Waals surface area contributed by atoms with Crippen LogP contribution in [0.1, 0.15) is 0 Å². The standard InChI is InChI=1S/C6H6FNS.Ba/c7-4-2-1-3-5(8)6(4)9;/h1-3,9H,8H2;. The van der Waals surface area contributed by atoms with Gasteiger partial charge in [0.15, 0.2) is 0 Å². The molecule has 0 amide bonds. The molecular weight excluding hydrogens is 274 g/mol. The third-order valence-corrected chi connectivity index (χ3v) is 1.49. The second-order valence-corrected chi connectivity index (χ2v) is 2.12. The molecule has 0 saturated carbocycles. The number of nitrogen functional groups attached to an aromatic ring is 1. The van der Waals surface area contributed by atoms with Crippen LogP contribution in [0.4, 0.5) is 10.1 Å². The Labute approximate surface area is 105 Å². The van der Waals surface area contributed by atoms with Crippen molar-refractivity contribution >= 4 is 67.2 Å². The zero-order valence-corrected chi connectivity index (χ0v) is 10.7. The molecule has 0 aliphatic carbocycles. The molecular formula is C6H6BaFNS. The number of hydrogen-bond acceptors (Lipinski definition) is 2. The molecule has 0 unspecified atom stereocenters. The van der Waals surface area contributed by atoms with E-state index in [1.54, 1.807) is 12.1 Å². The predicted molar refractivity (Wildman–Crippen MR) is 43.8 cm³/mol. The van der Waals surface area contributed by atoms with Crippen molar-refractivity contribution in [2.75, 3.05) is 5.73 Å². The van der Waals surface area contributed by atoms with Crippen molar-refractivity contribution in [3.8, 4) is 0 Å². The molecule has 10 heavy (non-hydrogen) atoms. The minimum Gasteiger partial charge on any atom is -0.398 e. The Balaban J connectivity index is 0.000000810. The minimum absolute atomic E-state index is 0. The third-order valence-electron chi connectivity index (χ3n) is 1.02. The number of hydrogen-bond donors (Lipinski definition) is 2. The van der Waals surface area contributed by atoms with Gasteiger partial charge in [0.1, 0.15) is 5.82 Å². The molecule has 0 bridgehead atoms. The summed E-state index contributed by atoms with van der Waals surface area (Å²) in [7, 11) is 0. The predicted octanol–water partition coefficient (Wildman–Crippen LogP) is 1.32. The van der Waals surface area contributed by atoms with E-state index >= 15 is 0 Å². The van der Waals surface area contributed by atoms with Crippen LogP contribution in [0.5, 0.6) is 0 Å². The average Bonchev–Trinajstić information content (AvgIpc) is 1.83. The maximum absolute atomic E-state index is 12.4. The Bertz CT molecular complexity index is 209. The topological polar surface area (TPSA) is 26.0 Å². The smallest absolute Gasteiger partial charge is 0.138 e. The van der Waals surface area contributed by atoms with E-state index in [1.165, 1.54) is 6.07 Å². The minimum atomic E-state index is -0.377. The van der Waals surface area contributed by atoms with Crippen LogP contribution >= 0.6 is 12.6 Å². The van der Waals surface area contributed by atoms with E-state index in [0.717, 1.165) is 0 Å². The Morgan fingerprint density at radius 1 is 1.40 bits per heavy atom. The van der Waals surface area contributed by atoms with Gasteiger partial charge in [-0.1, -0.05) is 6.07 Å². The molecule has 1 rings (SSSR count). The summed E-state index contributed by atoms with van der Waals surface area (Å²) in [5.74, 6) is -0.377. The molecule has 2 N–H and O–H groups in total. The fraction of sp³-hybridized carbons (Fsp3) is 0. The molecule has 0 aromatic heterocycles. The Hall–Kier alpha value is 0.871. The zero-order chi connectivity index (χ0) is 6.85. The van der Waals surface area contributed by atoms with Gasteiger partial charge in [-0.05, 0) is 12.1 Å². The summed E-state index contributed by atoms with van der Waals surface area (Å²) in [6.45, 7) is 0. The van der Waals surface area contributed by atoms with Crippen molar-refractivity contribution in [3.05, 3.63) is 24.0 Å². The van der Waals surface area contributed by atoms with Gasteiger partial charge in [-0.15, -0.1) is 12.6 Å². The van der Waals surface area contributed by atoms with Gasteiger partial charge in [-0.2, -0.15) is 0 Å². The fourth-order valence-electron chi connectivity index (χ4n) is 0.532. The molecule has 0 heterocycles. The van der Waals surface area contributed by atoms with Crippen molar-refractivity contribution in [3.63, 3.8) is 0 Å². The summed E-state index contributed by atoms with van der Waals surface area (Å²) in [5.41, 5.74) is 5.68. The maximum atomic E-state index is 12.4. The number of benzene rings is 1. The monoisotopic (exact) mass is 281 g/mol. The zero-order valence-electron chi connectivity index (χ0n) is 5.34. The summed E-state index contributed by atoms with van der Waals surface area (Å²) in [6, 6.07) is 4.47. The molecule has 2 radical (unpaired) electrons. The van der Waals surface area contributed by atoms with Crippen molar-refractivity contribution in [2.24, 2.45) is 0 Å². The molecule has 0 spiro atoms. The van der Waals surface area contributed by atoms with Crippen molar-refractivity contribution < 1.29 is 4.39 Å². The first-order valence-electron chi connectivity index (χ1n) is 2.45. The van der Waals surface area contributed by atoms with Crippen LogP contribution in [0.25, 0.3) is 0 Å². The Kier molecular flexibility index (Phi) is 5.10. The Morgan fingerprint density at radius 2 is 2.00 bits per heavy atom. The SMILES string of the molecule is Nc1cccc(F)c1S.[Ba]. The van der Waals surface area contributed by atoms with E-state index in [0.29, 0.717) is 5.69 Å². The summed E-state index contributed by atoms with van der Waals surface area (Å²) < 4.78 is 12.4. The molecule has 1 aromatic carbocycles. The van der Waals surface area contributed by atoms with Crippen LogP contribution in [0, 0.1) is 5.82 Å². The van der Waals surface area contributed by atoms with Crippen LogP contribution in [0.2, 0.25) is 0 Å². The quantitative estimate of drug-likeness (QED) is 0.418. The summed E-state index contributed by atoms with van der Waals surface area (Å²) >= 11 is 3.81. The van der Waals surface area contributed by atoms with Crippen LogP contribution in [-0.2, 0) is 0 Å². The van der Waals surface area contributed by atoms with E-state index in [1.807, 2.05) is 0 Å². The van der Waals surface area contributed by atoms with Crippen molar-refractivity contribution in [1.82, 2.24) is 0 Å². The van der Waals surface area contributed by atoms with E-state index < -0.39 is 0 Å². The molecule has 0 aliphatic heterocycles. The molecule has 0 saturated heterocycles. The maximum Gasteiger partial charge on any atom is 0.138 e. The van der Waals surface area contributed by atoms with Gasteiger partial charge in [0.25, 0.3) is 0 Å². The first-order valence-corrected chi connectivity index (χ1v) is 2.89. The second kappa shape index (κ2) is 4.69. The number of halogens is 1. The molecule has 1 nitrogen and oxygen atoms in total. The average molecular weight is 281 g/mol. The number of rotatable bonds is 0. The summed E-state index contributed by atoms with van der Waals surface area (Å²) in [4.78, 5) is 0.220. The number of anilines is 1. The van der Waals surface area contributed by atoms with Crippen LogP contribution in [0.3, 0.4) is 0 Å². The van der Waals surface area contributed by atoms with Gasteiger partial charge < -0.3 is 5.73 Å². The second-order valence-electron chi connectivity index (χ2n) is 1.68. The molecule has 50 valence electrons. The van der Waals surface area contributed by atoms with Gasteiger partial charge in [0.05, 0.1) is 4.90 Å². The molecule has 4 heteroatoms. The first kappa shape index (κ1) is 10.9. The van der Waals surface area contributed by atoms with E-state index in [-0.39, 0.29) is 59.6 Å². The first-order chi connectivity index (χ1) is 4.22. The van der Waals surface area contributed by atoms with E-state index in [2.05, 4.69) is 12.6 Å². The molecule has 0 fully saturated rings. The van der Waals surface area contributed by atoms with Crippen LogP contribution in [-0.4, -0.2) is 48.9 Å². The van der Waals surface area contributed by atoms with Crippen molar-refractivity contribution in [2.45, 2.75) is 4.90 Å². The van der Waals surface area contributed by atoms with Gasteiger partial charge in [0, 0.05) is 54.6 Å². The largest absolute Gasteiger partial charge is 0.398 e. The third kappa shape index (κ3) is 2.49. The van der Waals surface area contributed by atoms with E-state index in [9.17, 15) is 4.39 Å². The van der Waals surface area contributed by atoms with Gasteiger partial charge in [0.2, 0.25) is 0 Å². The molecule has 0 aliphatic rings. The molecule has 1 aromatic rings. The summed E-state index contributed by atoms with van der Waals surface area (Å²) in [6.07, 6.45) is 0. The summed E-state index contributed by atoms with van der Waals surface area (Å²) in [5, 5.41) is 0. The van der Waals surface area contributed by atoms with Crippen LogP contribution in [0.15, 0.2) is 23.1 Å². The Morgan fingerprint density at radius 3 is 2.40 bits per heavy atom. The van der Waals surface area contributed by atoms with Gasteiger partial charge in [-0.3, -0.25) is 0 Å². The van der Waals surface area contributed by atoms with Gasteiger partial charge >= 0.3 is 0 Å². The number of thiol groups is 1.